The molecule has 0 unspecified atom stereocenters. The maximum atomic E-state index is 5.43. The number of aromatic nitrogens is 4. The van der Waals surface area contributed by atoms with E-state index < -0.39 is 0 Å². The minimum Gasteiger partial charge on any atom is -0.378 e. The second-order valence-electron chi connectivity index (χ2n) is 7.10. The van der Waals surface area contributed by atoms with E-state index in [9.17, 15) is 0 Å². The predicted octanol–water partition coefficient (Wildman–Crippen LogP) is 3.33. The first-order valence-corrected chi connectivity index (χ1v) is 9.81. The van der Waals surface area contributed by atoms with Crippen LogP contribution in [0, 0.1) is 0 Å². The third-order valence-electron chi connectivity index (χ3n) is 4.42. The van der Waals surface area contributed by atoms with E-state index in [1.54, 1.807) is 6.20 Å². The van der Waals surface area contributed by atoms with Crippen molar-refractivity contribution in [2.75, 3.05) is 41.8 Å². The van der Waals surface area contributed by atoms with E-state index in [2.05, 4.69) is 49.3 Å². The number of hydrogen-bond acceptors (Lipinski definition) is 8. The van der Waals surface area contributed by atoms with Crippen LogP contribution in [0.15, 0.2) is 48.7 Å². The standard InChI is InChI=1S/C21H25N7O/c1-15(2)23-20-25-19(16-6-4-3-5-7-16)26-21(27-20)24-17-8-9-22-18(14-17)28-10-12-29-13-11-28/h3-9,14-15H,10-13H2,1-2H3,(H2,22,23,24,25,26,27). The minimum atomic E-state index is 0.211. The van der Waals surface area contributed by atoms with Gasteiger partial charge in [0.25, 0.3) is 0 Å². The van der Waals surface area contributed by atoms with Crippen molar-refractivity contribution in [3.8, 4) is 11.4 Å². The van der Waals surface area contributed by atoms with E-state index in [-0.39, 0.29) is 6.04 Å². The number of pyridine rings is 1. The van der Waals surface area contributed by atoms with Crippen molar-refractivity contribution in [1.82, 2.24) is 19.9 Å². The van der Waals surface area contributed by atoms with Gasteiger partial charge in [0.15, 0.2) is 5.82 Å². The van der Waals surface area contributed by atoms with Gasteiger partial charge in [0, 0.05) is 42.6 Å². The number of nitrogens with zero attached hydrogens (tertiary/aromatic N) is 5. The molecule has 1 aliphatic heterocycles. The van der Waals surface area contributed by atoms with Gasteiger partial charge >= 0.3 is 0 Å². The zero-order valence-corrected chi connectivity index (χ0v) is 16.7. The molecule has 0 saturated carbocycles. The first-order chi connectivity index (χ1) is 14.2. The number of nitrogens with one attached hydrogen (secondary N) is 2. The summed E-state index contributed by atoms with van der Waals surface area (Å²) in [6.07, 6.45) is 1.79. The quantitative estimate of drug-likeness (QED) is 0.662. The molecule has 1 aliphatic rings. The Hall–Kier alpha value is -3.26. The summed E-state index contributed by atoms with van der Waals surface area (Å²) in [5.41, 5.74) is 1.82. The summed E-state index contributed by atoms with van der Waals surface area (Å²) in [6, 6.07) is 14.0. The van der Waals surface area contributed by atoms with E-state index in [1.165, 1.54) is 0 Å². The van der Waals surface area contributed by atoms with Gasteiger partial charge in [-0.2, -0.15) is 15.0 Å². The third-order valence-corrected chi connectivity index (χ3v) is 4.42. The molecule has 2 N–H and O–H groups in total. The molecule has 0 spiro atoms. The van der Waals surface area contributed by atoms with Crippen LogP contribution >= 0.6 is 0 Å². The lowest BCUT2D eigenvalue weighted by molar-refractivity contribution is 0.122. The Morgan fingerprint density at radius 1 is 0.966 bits per heavy atom. The molecule has 1 aromatic carbocycles. The van der Waals surface area contributed by atoms with Gasteiger partial charge in [-0.05, 0) is 19.9 Å². The molecule has 2 aromatic heterocycles. The molecule has 8 nitrogen and oxygen atoms in total. The molecule has 8 heteroatoms. The maximum absolute atomic E-state index is 5.43. The van der Waals surface area contributed by atoms with Crippen molar-refractivity contribution in [1.29, 1.82) is 0 Å². The van der Waals surface area contributed by atoms with Crippen molar-refractivity contribution in [3.05, 3.63) is 48.7 Å². The number of rotatable bonds is 6. The summed E-state index contributed by atoms with van der Waals surface area (Å²) in [7, 11) is 0. The van der Waals surface area contributed by atoms with Crippen LogP contribution in [0.25, 0.3) is 11.4 Å². The van der Waals surface area contributed by atoms with Gasteiger partial charge in [-0.1, -0.05) is 30.3 Å². The first-order valence-electron chi connectivity index (χ1n) is 9.81. The van der Waals surface area contributed by atoms with Crippen molar-refractivity contribution < 1.29 is 4.74 Å². The highest BCUT2D eigenvalue weighted by Crippen LogP contribution is 2.22. The van der Waals surface area contributed by atoms with Crippen LogP contribution in [0.5, 0.6) is 0 Å². The Kier molecular flexibility index (Phi) is 5.81. The number of ether oxygens (including phenoxy) is 1. The van der Waals surface area contributed by atoms with Gasteiger partial charge < -0.3 is 20.3 Å². The van der Waals surface area contributed by atoms with Crippen molar-refractivity contribution in [2.24, 2.45) is 0 Å². The van der Waals surface area contributed by atoms with Crippen molar-refractivity contribution in [3.63, 3.8) is 0 Å². The van der Waals surface area contributed by atoms with Gasteiger partial charge in [-0.25, -0.2) is 4.98 Å². The van der Waals surface area contributed by atoms with Crippen LogP contribution in [0.3, 0.4) is 0 Å². The third kappa shape index (κ3) is 4.97. The Morgan fingerprint density at radius 3 is 2.48 bits per heavy atom. The van der Waals surface area contributed by atoms with E-state index >= 15 is 0 Å². The summed E-state index contributed by atoms with van der Waals surface area (Å²) in [5.74, 6) is 2.56. The van der Waals surface area contributed by atoms with Gasteiger partial charge in [-0.15, -0.1) is 0 Å². The second-order valence-corrected chi connectivity index (χ2v) is 7.10. The summed E-state index contributed by atoms with van der Waals surface area (Å²) in [5, 5.41) is 6.57. The van der Waals surface area contributed by atoms with Crippen LogP contribution in [0.1, 0.15) is 13.8 Å². The van der Waals surface area contributed by atoms with Crippen LogP contribution in [-0.4, -0.2) is 52.3 Å². The van der Waals surface area contributed by atoms with Gasteiger partial charge in [0.05, 0.1) is 13.2 Å². The van der Waals surface area contributed by atoms with Gasteiger partial charge in [0.2, 0.25) is 11.9 Å². The molecule has 0 bridgehead atoms. The molecule has 0 atom stereocenters. The Balaban J connectivity index is 1.62. The van der Waals surface area contributed by atoms with Crippen molar-refractivity contribution >= 4 is 23.4 Å². The normalized spacial score (nSPS) is 14.1. The fourth-order valence-corrected chi connectivity index (χ4v) is 3.06. The first kappa shape index (κ1) is 19.1. The lowest BCUT2D eigenvalue weighted by atomic mass is 10.2. The molecule has 4 rings (SSSR count). The molecule has 0 aliphatic carbocycles. The Morgan fingerprint density at radius 2 is 1.72 bits per heavy atom. The SMILES string of the molecule is CC(C)Nc1nc(Nc2ccnc(N3CCOCC3)c2)nc(-c2ccccc2)n1. The monoisotopic (exact) mass is 391 g/mol. The average Bonchev–Trinajstić information content (AvgIpc) is 2.74. The van der Waals surface area contributed by atoms with Crippen LogP contribution < -0.4 is 15.5 Å². The van der Waals surface area contributed by atoms with Crippen molar-refractivity contribution in [2.45, 2.75) is 19.9 Å². The summed E-state index contributed by atoms with van der Waals surface area (Å²) < 4.78 is 5.43. The van der Waals surface area contributed by atoms with Crippen LogP contribution in [-0.2, 0) is 4.74 Å². The van der Waals surface area contributed by atoms with Crippen LogP contribution in [0.2, 0.25) is 0 Å². The number of morpholine rings is 1. The largest absolute Gasteiger partial charge is 0.378 e. The summed E-state index contributed by atoms with van der Waals surface area (Å²) >= 11 is 0. The van der Waals surface area contributed by atoms with E-state index in [0.717, 1.165) is 43.4 Å². The zero-order chi connectivity index (χ0) is 20.1. The second kappa shape index (κ2) is 8.83. The lowest BCUT2D eigenvalue weighted by Gasteiger charge is -2.28. The molecule has 3 heterocycles. The van der Waals surface area contributed by atoms with E-state index in [1.807, 2.05) is 42.5 Å². The fraction of sp³-hybridized carbons (Fsp3) is 0.333. The molecule has 29 heavy (non-hydrogen) atoms. The Labute approximate surface area is 170 Å². The average molecular weight is 391 g/mol. The molecular weight excluding hydrogens is 366 g/mol. The molecule has 1 fully saturated rings. The lowest BCUT2D eigenvalue weighted by Crippen LogP contribution is -2.36. The minimum absolute atomic E-state index is 0.211. The highest BCUT2D eigenvalue weighted by Gasteiger charge is 2.14. The molecule has 150 valence electrons. The van der Waals surface area contributed by atoms with Gasteiger partial charge in [-0.3, -0.25) is 0 Å². The molecular formula is C21H25N7O. The number of anilines is 4. The summed E-state index contributed by atoms with van der Waals surface area (Å²) in [4.78, 5) is 20.4. The molecule has 0 amide bonds. The molecule has 0 radical (unpaired) electrons. The van der Waals surface area contributed by atoms with E-state index in [0.29, 0.717) is 17.7 Å². The summed E-state index contributed by atoms with van der Waals surface area (Å²) in [6.45, 7) is 7.22. The predicted molar refractivity (Wildman–Crippen MR) is 115 cm³/mol. The highest BCUT2D eigenvalue weighted by molar-refractivity contribution is 5.63. The number of benzene rings is 1. The van der Waals surface area contributed by atoms with Gasteiger partial charge in [0.1, 0.15) is 5.82 Å². The number of hydrogen-bond donors (Lipinski definition) is 2. The van der Waals surface area contributed by atoms with Crippen LogP contribution in [0.4, 0.5) is 23.4 Å². The molecule has 3 aromatic rings. The Bertz CT molecular complexity index is 943. The smallest absolute Gasteiger partial charge is 0.232 e. The maximum Gasteiger partial charge on any atom is 0.232 e. The topological polar surface area (TPSA) is 88.1 Å². The molecule has 1 saturated heterocycles. The van der Waals surface area contributed by atoms with E-state index in [4.69, 9.17) is 4.74 Å². The highest BCUT2D eigenvalue weighted by atomic mass is 16.5. The fourth-order valence-electron chi connectivity index (χ4n) is 3.06. The zero-order valence-electron chi connectivity index (χ0n) is 16.7.